The minimum absolute atomic E-state index is 0.153. The van der Waals surface area contributed by atoms with Crippen molar-refractivity contribution in [3.05, 3.63) is 35.9 Å². The number of ether oxygens (including phenoxy) is 1. The van der Waals surface area contributed by atoms with Crippen molar-refractivity contribution in [2.75, 3.05) is 6.54 Å². The van der Waals surface area contributed by atoms with Gasteiger partial charge in [0.2, 0.25) is 5.96 Å². The van der Waals surface area contributed by atoms with E-state index in [1.807, 2.05) is 30.3 Å². The highest BCUT2D eigenvalue weighted by Crippen LogP contribution is 2.18. The molecule has 1 aromatic carbocycles. The molecule has 0 saturated heterocycles. The minimum Gasteiger partial charge on any atom is -0.481 e. The number of benzene rings is 1. The van der Waals surface area contributed by atoms with Gasteiger partial charge < -0.3 is 9.84 Å². The highest BCUT2D eigenvalue weighted by Gasteiger charge is 2.22. The first-order chi connectivity index (χ1) is 11.6. The number of unbranched alkanes of at least 4 members (excludes halogenated alkanes) is 2. The van der Waals surface area contributed by atoms with Crippen molar-refractivity contribution in [1.29, 1.82) is 0 Å². The summed E-state index contributed by atoms with van der Waals surface area (Å²) < 4.78 is 14.3. The summed E-state index contributed by atoms with van der Waals surface area (Å²) in [6.45, 7) is 0.674. The second-order valence-electron chi connectivity index (χ2n) is 5.06. The third kappa shape index (κ3) is 6.47. The van der Waals surface area contributed by atoms with Gasteiger partial charge in [-0.15, -0.1) is 4.40 Å². The zero-order valence-corrected chi connectivity index (χ0v) is 13.8. The third-order valence-corrected chi connectivity index (χ3v) is 3.66. The summed E-state index contributed by atoms with van der Waals surface area (Å²) in [5.41, 5.74) is 0.891. The van der Waals surface area contributed by atoms with Gasteiger partial charge in [0.1, 0.15) is 6.61 Å². The average molecular weight is 353 g/mol. The maximum Gasteiger partial charge on any atom is 0.414 e. The standard InChI is InChI=1S/C15H19N3O5S/c19-13(20)9-5-2-6-10-18-14(17-24-23-18)16-15(21)22-11-12-7-3-1-4-8-12/h1,3-4,7-8H,2,5-6,9-11H2,(H,19,20)(H,16,17,21). The van der Waals surface area contributed by atoms with E-state index < -0.39 is 12.1 Å². The number of alkyl carbamates (subject to hydrolysis) is 1. The number of aliphatic carboxylic acids is 1. The third-order valence-electron chi connectivity index (χ3n) is 3.16. The second-order valence-corrected chi connectivity index (χ2v) is 5.54. The van der Waals surface area contributed by atoms with E-state index in [-0.39, 0.29) is 19.0 Å². The van der Waals surface area contributed by atoms with Crippen LogP contribution in [0.3, 0.4) is 0 Å². The van der Waals surface area contributed by atoms with Gasteiger partial charge in [0.05, 0.1) is 6.54 Å². The van der Waals surface area contributed by atoms with Crippen LogP contribution in [0, 0.1) is 0 Å². The van der Waals surface area contributed by atoms with Gasteiger partial charge in [-0.05, 0) is 18.4 Å². The Hall–Kier alpha value is -2.26. The van der Waals surface area contributed by atoms with Crippen LogP contribution >= 0.6 is 12.2 Å². The Balaban J connectivity index is 1.67. The van der Waals surface area contributed by atoms with Gasteiger partial charge in [0.15, 0.2) is 12.2 Å². The molecule has 0 saturated carbocycles. The van der Waals surface area contributed by atoms with E-state index in [1.165, 1.54) is 5.06 Å². The van der Waals surface area contributed by atoms with Crippen LogP contribution in [-0.4, -0.2) is 34.7 Å². The molecule has 9 heteroatoms. The van der Waals surface area contributed by atoms with E-state index in [1.54, 1.807) is 0 Å². The Morgan fingerprint density at radius 3 is 2.79 bits per heavy atom. The highest BCUT2D eigenvalue weighted by molar-refractivity contribution is 7.93. The molecule has 2 N–H and O–H groups in total. The van der Waals surface area contributed by atoms with Crippen LogP contribution < -0.4 is 5.32 Å². The van der Waals surface area contributed by atoms with E-state index in [9.17, 15) is 9.59 Å². The monoisotopic (exact) mass is 353 g/mol. The van der Waals surface area contributed by atoms with Crippen molar-refractivity contribution >= 4 is 30.3 Å². The Morgan fingerprint density at radius 1 is 1.25 bits per heavy atom. The highest BCUT2D eigenvalue weighted by atomic mass is 32.2. The predicted molar refractivity (Wildman–Crippen MR) is 88.7 cm³/mol. The molecule has 0 spiro atoms. The van der Waals surface area contributed by atoms with Crippen molar-refractivity contribution in [1.82, 2.24) is 10.4 Å². The molecule has 0 aliphatic carbocycles. The average Bonchev–Trinajstić information content (AvgIpc) is 3.00. The molecule has 130 valence electrons. The van der Waals surface area contributed by atoms with Crippen molar-refractivity contribution in [3.8, 4) is 0 Å². The number of carbonyl (C=O) groups excluding carboxylic acids is 1. The molecule has 2 rings (SSSR count). The molecule has 1 heterocycles. The van der Waals surface area contributed by atoms with Gasteiger partial charge >= 0.3 is 12.1 Å². The normalized spacial score (nSPS) is 13.5. The number of carbonyl (C=O) groups is 2. The van der Waals surface area contributed by atoms with Crippen molar-refractivity contribution in [2.45, 2.75) is 32.3 Å². The van der Waals surface area contributed by atoms with Crippen LogP contribution in [0.5, 0.6) is 0 Å². The van der Waals surface area contributed by atoms with Gasteiger partial charge in [0.25, 0.3) is 0 Å². The largest absolute Gasteiger partial charge is 0.481 e. The van der Waals surface area contributed by atoms with Crippen molar-refractivity contribution in [3.63, 3.8) is 0 Å². The summed E-state index contributed by atoms with van der Waals surface area (Å²) in [6, 6.07) is 9.35. The molecule has 1 aromatic rings. The maximum absolute atomic E-state index is 11.8. The van der Waals surface area contributed by atoms with Crippen LogP contribution in [0.2, 0.25) is 0 Å². The lowest BCUT2D eigenvalue weighted by molar-refractivity contribution is -0.137. The molecule has 1 aliphatic heterocycles. The fourth-order valence-corrected chi connectivity index (χ4v) is 2.43. The van der Waals surface area contributed by atoms with Crippen LogP contribution in [0.1, 0.15) is 31.2 Å². The van der Waals surface area contributed by atoms with E-state index in [0.29, 0.717) is 13.0 Å². The lowest BCUT2D eigenvalue weighted by Crippen LogP contribution is -2.41. The first-order valence-electron chi connectivity index (χ1n) is 7.54. The lowest BCUT2D eigenvalue weighted by Gasteiger charge is -2.17. The molecule has 0 unspecified atom stereocenters. The topological polar surface area (TPSA) is 100 Å². The molecule has 24 heavy (non-hydrogen) atoms. The van der Waals surface area contributed by atoms with E-state index in [2.05, 4.69) is 9.71 Å². The zero-order valence-electron chi connectivity index (χ0n) is 13.0. The molecular formula is C15H19N3O5S. The number of nitrogens with one attached hydrogen (secondary N) is 1. The molecule has 0 aromatic heterocycles. The zero-order chi connectivity index (χ0) is 17.2. The number of carboxylic acid groups (broad SMARTS) is 1. The molecule has 1 amide bonds. The molecular weight excluding hydrogens is 334 g/mol. The Morgan fingerprint density at radius 2 is 2.04 bits per heavy atom. The number of carboxylic acids is 1. The van der Waals surface area contributed by atoms with Crippen molar-refractivity contribution < 1.29 is 23.7 Å². The first kappa shape index (κ1) is 18.1. The molecule has 0 atom stereocenters. The molecule has 0 radical (unpaired) electrons. The summed E-state index contributed by atoms with van der Waals surface area (Å²) >= 11 is 0.865. The van der Waals surface area contributed by atoms with Crippen LogP contribution in [0.15, 0.2) is 34.7 Å². The van der Waals surface area contributed by atoms with Gasteiger partial charge in [-0.3, -0.25) is 10.1 Å². The fourth-order valence-electron chi connectivity index (χ4n) is 1.96. The first-order valence-corrected chi connectivity index (χ1v) is 8.24. The number of amides is 1. The van der Waals surface area contributed by atoms with Gasteiger partial charge in [-0.2, -0.15) is 4.28 Å². The number of hydrogen-bond donors (Lipinski definition) is 2. The van der Waals surface area contributed by atoms with Gasteiger partial charge in [-0.1, -0.05) is 36.8 Å². The number of hydrogen-bond acceptors (Lipinski definition) is 7. The minimum atomic E-state index is -0.798. The van der Waals surface area contributed by atoms with Gasteiger partial charge in [0, 0.05) is 6.42 Å². The predicted octanol–water partition coefficient (Wildman–Crippen LogP) is 2.72. The van der Waals surface area contributed by atoms with Crippen LogP contribution in [-0.2, 0) is 20.4 Å². The molecule has 0 fully saturated rings. The summed E-state index contributed by atoms with van der Waals surface area (Å²) in [5, 5.41) is 12.6. The van der Waals surface area contributed by atoms with E-state index in [0.717, 1.165) is 30.6 Å². The lowest BCUT2D eigenvalue weighted by atomic mass is 10.2. The Kier molecular flexibility index (Phi) is 7.37. The van der Waals surface area contributed by atoms with E-state index >= 15 is 0 Å². The summed E-state index contributed by atoms with van der Waals surface area (Å²) in [4.78, 5) is 22.2. The van der Waals surface area contributed by atoms with E-state index in [4.69, 9.17) is 14.1 Å². The van der Waals surface area contributed by atoms with Gasteiger partial charge in [-0.25, -0.2) is 9.86 Å². The maximum atomic E-state index is 11.8. The second kappa shape index (κ2) is 9.78. The summed E-state index contributed by atoms with van der Waals surface area (Å²) in [7, 11) is 0. The van der Waals surface area contributed by atoms with Crippen LogP contribution in [0.4, 0.5) is 4.79 Å². The quantitative estimate of drug-likeness (QED) is 0.421. The SMILES string of the molecule is O=C(O)CCCCCN1OSN=C1NC(=O)OCc1ccccc1. The van der Waals surface area contributed by atoms with Crippen LogP contribution in [0.25, 0.3) is 0 Å². The number of nitrogens with zero attached hydrogens (tertiary/aromatic N) is 2. The van der Waals surface area contributed by atoms with Crippen molar-refractivity contribution in [2.24, 2.45) is 4.40 Å². The molecule has 8 nitrogen and oxygen atoms in total. The molecule has 1 aliphatic rings. The molecule has 0 bridgehead atoms. The number of hydroxylamine groups is 2. The summed E-state index contributed by atoms with van der Waals surface area (Å²) in [5.74, 6) is -0.524. The number of rotatable bonds is 8. The smallest absolute Gasteiger partial charge is 0.414 e. The Labute approximate surface area is 144 Å². The summed E-state index contributed by atoms with van der Waals surface area (Å²) in [6.07, 6.45) is 1.63. The fraction of sp³-hybridized carbons (Fsp3) is 0.400. The number of guanidine groups is 1. The Bertz CT molecular complexity index is 582.